The number of piperidine rings is 1. The van der Waals surface area contributed by atoms with Gasteiger partial charge in [-0.3, -0.25) is 14.9 Å². The standard InChI is InChI=1S/C12H9BrN2O3/c13-6-1-2-7-9(5-6)18-15-11(7)8-3-4-10(16)14-12(8)17/h1-2,5,8H,3-4H2,(H,14,16,17). The van der Waals surface area contributed by atoms with Crippen molar-refractivity contribution in [2.24, 2.45) is 0 Å². The van der Waals surface area contributed by atoms with Gasteiger partial charge in [0.15, 0.2) is 5.58 Å². The lowest BCUT2D eigenvalue weighted by atomic mass is 9.93. The molecule has 2 heterocycles. The van der Waals surface area contributed by atoms with Crippen LogP contribution in [0.1, 0.15) is 24.5 Å². The molecule has 1 N–H and O–H groups in total. The van der Waals surface area contributed by atoms with Crippen molar-refractivity contribution < 1.29 is 14.1 Å². The third-order valence-electron chi connectivity index (χ3n) is 3.03. The fraction of sp³-hybridized carbons (Fsp3) is 0.250. The fourth-order valence-corrected chi connectivity index (χ4v) is 2.48. The van der Waals surface area contributed by atoms with E-state index in [1.165, 1.54) is 0 Å². The monoisotopic (exact) mass is 308 g/mol. The van der Waals surface area contributed by atoms with E-state index in [9.17, 15) is 9.59 Å². The zero-order chi connectivity index (χ0) is 12.7. The molecule has 1 saturated heterocycles. The molecule has 18 heavy (non-hydrogen) atoms. The Hall–Kier alpha value is -1.69. The number of hydrogen-bond donors (Lipinski definition) is 1. The molecule has 0 radical (unpaired) electrons. The number of rotatable bonds is 1. The lowest BCUT2D eigenvalue weighted by molar-refractivity contribution is -0.134. The Morgan fingerprint density at radius 3 is 3.00 bits per heavy atom. The zero-order valence-electron chi connectivity index (χ0n) is 9.27. The Bertz CT molecular complexity index is 650. The van der Waals surface area contributed by atoms with E-state index in [0.717, 1.165) is 9.86 Å². The van der Waals surface area contributed by atoms with Crippen LogP contribution >= 0.6 is 15.9 Å². The van der Waals surface area contributed by atoms with Gasteiger partial charge < -0.3 is 4.52 Å². The van der Waals surface area contributed by atoms with Gasteiger partial charge in [0.05, 0.1) is 5.92 Å². The van der Waals surface area contributed by atoms with Gasteiger partial charge in [-0.1, -0.05) is 21.1 Å². The van der Waals surface area contributed by atoms with Crippen LogP contribution in [0.15, 0.2) is 27.2 Å². The van der Waals surface area contributed by atoms with Crippen LogP contribution in [-0.4, -0.2) is 17.0 Å². The maximum absolute atomic E-state index is 11.8. The van der Waals surface area contributed by atoms with Crippen LogP contribution in [0.4, 0.5) is 0 Å². The third-order valence-corrected chi connectivity index (χ3v) is 3.52. The number of nitrogens with one attached hydrogen (secondary N) is 1. The van der Waals surface area contributed by atoms with Gasteiger partial charge >= 0.3 is 0 Å². The molecule has 3 rings (SSSR count). The Balaban J connectivity index is 2.04. The summed E-state index contributed by atoms with van der Waals surface area (Å²) < 4.78 is 6.10. The molecule has 92 valence electrons. The van der Waals surface area contributed by atoms with E-state index in [2.05, 4.69) is 26.4 Å². The quantitative estimate of drug-likeness (QED) is 0.819. The van der Waals surface area contributed by atoms with Crippen LogP contribution in [0.25, 0.3) is 11.0 Å². The predicted molar refractivity (Wildman–Crippen MR) is 66.8 cm³/mol. The molecule has 1 fully saturated rings. The summed E-state index contributed by atoms with van der Waals surface area (Å²) in [5, 5.41) is 7.11. The minimum atomic E-state index is -0.412. The number of halogens is 1. The first-order valence-corrected chi connectivity index (χ1v) is 6.33. The molecule has 0 aliphatic carbocycles. The Kier molecular flexibility index (Phi) is 2.66. The van der Waals surface area contributed by atoms with Crippen LogP contribution in [0, 0.1) is 0 Å². The molecule has 5 nitrogen and oxygen atoms in total. The molecular formula is C12H9BrN2O3. The largest absolute Gasteiger partial charge is 0.356 e. The maximum Gasteiger partial charge on any atom is 0.235 e. The first-order valence-electron chi connectivity index (χ1n) is 5.53. The van der Waals surface area contributed by atoms with Gasteiger partial charge in [-0.05, 0) is 24.6 Å². The zero-order valence-corrected chi connectivity index (χ0v) is 10.9. The van der Waals surface area contributed by atoms with E-state index < -0.39 is 5.92 Å². The number of benzene rings is 1. The van der Waals surface area contributed by atoms with Gasteiger partial charge in [-0.2, -0.15) is 0 Å². The fourth-order valence-electron chi connectivity index (χ4n) is 2.14. The van der Waals surface area contributed by atoms with Crippen molar-refractivity contribution in [3.63, 3.8) is 0 Å². The average molecular weight is 309 g/mol. The number of amides is 2. The third kappa shape index (κ3) is 1.82. The molecule has 1 aromatic heterocycles. The molecule has 0 bridgehead atoms. The molecule has 1 unspecified atom stereocenters. The highest BCUT2D eigenvalue weighted by Gasteiger charge is 2.31. The molecule has 1 aromatic carbocycles. The van der Waals surface area contributed by atoms with Crippen molar-refractivity contribution in [3.05, 3.63) is 28.4 Å². The summed E-state index contributed by atoms with van der Waals surface area (Å²) in [5.74, 6) is -0.943. The molecule has 6 heteroatoms. The molecule has 1 aliphatic rings. The topological polar surface area (TPSA) is 72.2 Å². The Labute approximate surface area is 111 Å². The van der Waals surface area contributed by atoms with Crippen LogP contribution in [0.3, 0.4) is 0 Å². The van der Waals surface area contributed by atoms with Crippen molar-refractivity contribution in [2.45, 2.75) is 18.8 Å². The number of fused-ring (bicyclic) bond motifs is 1. The second kappa shape index (κ2) is 4.20. The average Bonchev–Trinajstić information content (AvgIpc) is 2.72. The van der Waals surface area contributed by atoms with E-state index in [0.29, 0.717) is 24.1 Å². The molecule has 1 atom stereocenters. The van der Waals surface area contributed by atoms with Gasteiger partial charge in [0.25, 0.3) is 0 Å². The number of nitrogens with zero attached hydrogens (tertiary/aromatic N) is 1. The summed E-state index contributed by atoms with van der Waals surface area (Å²) >= 11 is 3.35. The highest BCUT2D eigenvalue weighted by molar-refractivity contribution is 9.10. The summed E-state index contributed by atoms with van der Waals surface area (Å²) in [7, 11) is 0. The number of carbonyl (C=O) groups excluding carboxylic acids is 2. The summed E-state index contributed by atoms with van der Waals surface area (Å²) in [6.45, 7) is 0. The van der Waals surface area contributed by atoms with Crippen LogP contribution in [0.2, 0.25) is 0 Å². The normalized spacial score (nSPS) is 20.2. The smallest absolute Gasteiger partial charge is 0.235 e. The molecule has 2 amide bonds. The highest BCUT2D eigenvalue weighted by atomic mass is 79.9. The summed E-state index contributed by atoms with van der Waals surface area (Å²) in [5.41, 5.74) is 1.23. The summed E-state index contributed by atoms with van der Waals surface area (Å²) in [6, 6.07) is 5.53. The van der Waals surface area contributed by atoms with Crippen LogP contribution in [0.5, 0.6) is 0 Å². The molecular weight excluding hydrogens is 300 g/mol. The molecule has 0 spiro atoms. The first kappa shape index (κ1) is 11.4. The second-order valence-electron chi connectivity index (χ2n) is 4.21. The SMILES string of the molecule is O=C1CCC(c2noc3cc(Br)ccc23)C(=O)N1. The van der Waals surface area contributed by atoms with Crippen molar-refractivity contribution in [1.29, 1.82) is 0 Å². The minimum absolute atomic E-state index is 0.230. The highest BCUT2D eigenvalue weighted by Crippen LogP contribution is 2.31. The van der Waals surface area contributed by atoms with E-state index in [4.69, 9.17) is 4.52 Å². The summed E-state index contributed by atoms with van der Waals surface area (Å²) in [6.07, 6.45) is 0.809. The maximum atomic E-state index is 11.8. The second-order valence-corrected chi connectivity index (χ2v) is 5.13. The number of imide groups is 1. The van der Waals surface area contributed by atoms with Gasteiger partial charge in [-0.15, -0.1) is 0 Å². The number of aromatic nitrogens is 1. The van der Waals surface area contributed by atoms with Crippen LogP contribution < -0.4 is 5.32 Å². The Morgan fingerprint density at radius 2 is 2.22 bits per heavy atom. The molecule has 1 aliphatic heterocycles. The number of hydrogen-bond acceptors (Lipinski definition) is 4. The van der Waals surface area contributed by atoms with Gasteiger partial charge in [0.2, 0.25) is 11.8 Å². The van der Waals surface area contributed by atoms with E-state index in [-0.39, 0.29) is 11.8 Å². The lowest BCUT2D eigenvalue weighted by Gasteiger charge is -2.18. The van der Waals surface area contributed by atoms with Crippen molar-refractivity contribution in [1.82, 2.24) is 10.5 Å². The van der Waals surface area contributed by atoms with E-state index in [1.807, 2.05) is 12.1 Å². The molecule has 0 saturated carbocycles. The van der Waals surface area contributed by atoms with Crippen LogP contribution in [-0.2, 0) is 9.59 Å². The Morgan fingerprint density at radius 1 is 1.39 bits per heavy atom. The van der Waals surface area contributed by atoms with E-state index >= 15 is 0 Å². The van der Waals surface area contributed by atoms with Crippen molar-refractivity contribution >= 4 is 38.7 Å². The molecule has 2 aromatic rings. The minimum Gasteiger partial charge on any atom is -0.356 e. The number of carbonyl (C=O) groups is 2. The van der Waals surface area contributed by atoms with Crippen molar-refractivity contribution in [2.75, 3.05) is 0 Å². The first-order chi connectivity index (χ1) is 8.65. The van der Waals surface area contributed by atoms with Gasteiger partial charge in [0.1, 0.15) is 5.69 Å². The summed E-state index contributed by atoms with van der Waals surface area (Å²) in [4.78, 5) is 22.9. The predicted octanol–water partition coefficient (Wildman–Crippen LogP) is 2.11. The van der Waals surface area contributed by atoms with E-state index in [1.54, 1.807) is 6.07 Å². The van der Waals surface area contributed by atoms with Gasteiger partial charge in [0, 0.05) is 16.3 Å². The van der Waals surface area contributed by atoms with Gasteiger partial charge in [-0.25, -0.2) is 0 Å². The lowest BCUT2D eigenvalue weighted by Crippen LogP contribution is -2.39. The van der Waals surface area contributed by atoms with Crippen molar-refractivity contribution in [3.8, 4) is 0 Å².